The summed E-state index contributed by atoms with van der Waals surface area (Å²) >= 11 is 0. The Bertz CT molecular complexity index is 488. The molecule has 3 atom stereocenters. The normalized spacial score (nSPS) is 25.5. The summed E-state index contributed by atoms with van der Waals surface area (Å²) < 4.78 is 17.6. The maximum absolute atomic E-state index is 10.9. The first-order chi connectivity index (χ1) is 11.9. The molecule has 4 heteroatoms. The molecule has 1 aliphatic heterocycles. The van der Waals surface area contributed by atoms with Gasteiger partial charge in [0.15, 0.2) is 5.79 Å². The molecule has 1 fully saturated rings. The minimum absolute atomic E-state index is 0.0910. The smallest absolute Gasteiger partial charge is 0.168 e. The fourth-order valence-electron chi connectivity index (χ4n) is 3.27. The average Bonchev–Trinajstić information content (AvgIpc) is 2.58. The lowest BCUT2D eigenvalue weighted by atomic mass is 9.90. The van der Waals surface area contributed by atoms with Gasteiger partial charge in [-0.3, -0.25) is 0 Å². The van der Waals surface area contributed by atoms with Crippen LogP contribution in [-0.2, 0) is 20.8 Å². The molecular weight excluding hydrogens is 316 g/mol. The van der Waals surface area contributed by atoms with Crippen molar-refractivity contribution in [2.75, 3.05) is 6.79 Å². The van der Waals surface area contributed by atoms with Crippen LogP contribution >= 0.6 is 0 Å². The summed E-state index contributed by atoms with van der Waals surface area (Å²) in [5.74, 6) is -0.381. The fourth-order valence-corrected chi connectivity index (χ4v) is 3.27. The Balaban J connectivity index is 1.81. The Morgan fingerprint density at radius 3 is 2.56 bits per heavy atom. The molecule has 1 saturated heterocycles. The summed E-state index contributed by atoms with van der Waals surface area (Å²) in [6.45, 7) is 9.25. The van der Waals surface area contributed by atoms with Crippen LogP contribution in [-0.4, -0.2) is 29.9 Å². The van der Waals surface area contributed by atoms with E-state index in [1.165, 1.54) is 0 Å². The van der Waals surface area contributed by atoms with Crippen molar-refractivity contribution >= 4 is 0 Å². The highest BCUT2D eigenvalue weighted by atomic mass is 16.7. The largest absolute Gasteiger partial charge is 0.365 e. The predicted octanol–water partition coefficient (Wildman–Crippen LogP) is 4.51. The van der Waals surface area contributed by atoms with Gasteiger partial charge in [-0.25, -0.2) is 0 Å². The van der Waals surface area contributed by atoms with Gasteiger partial charge in [-0.2, -0.15) is 0 Å². The fraction of sp³-hybridized carbons (Fsp3) is 0.714. The van der Waals surface area contributed by atoms with Gasteiger partial charge in [0.1, 0.15) is 6.79 Å². The number of rotatable bonds is 9. The SMILES string of the molecule is CC(C)C(CC1(O)CCCC(C(C)C)O1)OCOCc1ccccc1. The van der Waals surface area contributed by atoms with E-state index in [0.29, 0.717) is 25.4 Å². The molecule has 25 heavy (non-hydrogen) atoms. The first-order valence-corrected chi connectivity index (χ1v) is 9.53. The zero-order valence-electron chi connectivity index (χ0n) is 16.1. The maximum Gasteiger partial charge on any atom is 0.168 e. The molecule has 1 aromatic rings. The molecule has 1 N–H and O–H groups in total. The van der Waals surface area contributed by atoms with E-state index in [2.05, 4.69) is 27.7 Å². The Morgan fingerprint density at radius 2 is 1.92 bits per heavy atom. The molecule has 142 valence electrons. The standard InChI is InChI=1S/C21H34O4/c1-16(2)19-11-8-12-21(22,25-19)13-20(17(3)4)24-15-23-14-18-9-6-5-7-10-18/h5-7,9-10,16-17,19-20,22H,8,11-15H2,1-4H3. The molecule has 3 unspecified atom stereocenters. The molecule has 0 radical (unpaired) electrons. The van der Waals surface area contributed by atoms with E-state index in [1.807, 2.05) is 30.3 Å². The minimum atomic E-state index is -1.08. The quantitative estimate of drug-likeness (QED) is 0.526. The Hall–Kier alpha value is -0.940. The van der Waals surface area contributed by atoms with E-state index in [0.717, 1.165) is 18.4 Å². The molecule has 0 saturated carbocycles. The van der Waals surface area contributed by atoms with Crippen LogP contribution in [0, 0.1) is 11.8 Å². The molecule has 1 aromatic carbocycles. The van der Waals surface area contributed by atoms with Crippen molar-refractivity contribution in [1.29, 1.82) is 0 Å². The molecule has 4 nitrogen and oxygen atoms in total. The molecule has 0 aromatic heterocycles. The van der Waals surface area contributed by atoms with Crippen LogP contribution in [0.5, 0.6) is 0 Å². The zero-order chi connectivity index (χ0) is 18.3. The number of benzene rings is 1. The van der Waals surface area contributed by atoms with E-state index >= 15 is 0 Å². The highest BCUT2D eigenvalue weighted by molar-refractivity contribution is 5.13. The second-order valence-electron chi connectivity index (χ2n) is 7.84. The molecular formula is C21H34O4. The summed E-state index contributed by atoms with van der Waals surface area (Å²) in [5, 5.41) is 10.9. The van der Waals surface area contributed by atoms with Crippen LogP contribution in [0.1, 0.15) is 58.9 Å². The molecule has 0 bridgehead atoms. The zero-order valence-corrected chi connectivity index (χ0v) is 16.1. The topological polar surface area (TPSA) is 47.9 Å². The molecule has 0 aliphatic carbocycles. The van der Waals surface area contributed by atoms with E-state index < -0.39 is 5.79 Å². The van der Waals surface area contributed by atoms with Crippen molar-refractivity contribution in [1.82, 2.24) is 0 Å². The Kier molecular flexibility index (Phi) is 7.88. The Labute approximate surface area is 152 Å². The van der Waals surface area contributed by atoms with Crippen molar-refractivity contribution in [2.45, 2.75) is 78.0 Å². The summed E-state index contributed by atoms with van der Waals surface area (Å²) in [6, 6.07) is 10.0. The van der Waals surface area contributed by atoms with Crippen molar-refractivity contribution in [3.63, 3.8) is 0 Å². The van der Waals surface area contributed by atoms with Crippen LogP contribution in [0.25, 0.3) is 0 Å². The second kappa shape index (κ2) is 9.67. The van der Waals surface area contributed by atoms with Crippen molar-refractivity contribution in [3.8, 4) is 0 Å². The van der Waals surface area contributed by atoms with Crippen LogP contribution < -0.4 is 0 Å². The summed E-state index contributed by atoms with van der Waals surface area (Å²) in [6.07, 6.45) is 3.21. The lowest BCUT2D eigenvalue weighted by Gasteiger charge is -2.41. The number of aliphatic hydroxyl groups is 1. The molecule has 2 rings (SSSR count). The van der Waals surface area contributed by atoms with Gasteiger partial charge >= 0.3 is 0 Å². The lowest BCUT2D eigenvalue weighted by Crippen LogP contribution is -2.46. The van der Waals surface area contributed by atoms with Gasteiger partial charge < -0.3 is 19.3 Å². The van der Waals surface area contributed by atoms with Crippen LogP contribution in [0.2, 0.25) is 0 Å². The first-order valence-electron chi connectivity index (χ1n) is 9.53. The third-order valence-electron chi connectivity index (χ3n) is 4.91. The van der Waals surface area contributed by atoms with E-state index in [1.54, 1.807) is 0 Å². The summed E-state index contributed by atoms with van der Waals surface area (Å²) in [5.41, 5.74) is 1.13. The molecule has 0 spiro atoms. The van der Waals surface area contributed by atoms with E-state index in [9.17, 15) is 5.11 Å². The first kappa shape index (κ1) is 20.4. The lowest BCUT2D eigenvalue weighted by molar-refractivity contribution is -0.280. The number of hydrogen-bond donors (Lipinski definition) is 1. The third-order valence-corrected chi connectivity index (χ3v) is 4.91. The van der Waals surface area contributed by atoms with Crippen molar-refractivity contribution in [2.24, 2.45) is 11.8 Å². The van der Waals surface area contributed by atoms with Gasteiger partial charge in [0.05, 0.1) is 18.8 Å². The van der Waals surface area contributed by atoms with Gasteiger partial charge in [-0.05, 0) is 30.2 Å². The van der Waals surface area contributed by atoms with Crippen LogP contribution in [0.3, 0.4) is 0 Å². The minimum Gasteiger partial charge on any atom is -0.365 e. The van der Waals surface area contributed by atoms with Crippen LogP contribution in [0.4, 0.5) is 0 Å². The maximum atomic E-state index is 10.9. The van der Waals surface area contributed by atoms with Crippen molar-refractivity contribution in [3.05, 3.63) is 35.9 Å². The summed E-state index contributed by atoms with van der Waals surface area (Å²) in [7, 11) is 0. The third kappa shape index (κ3) is 6.70. The molecule has 1 aliphatic rings. The van der Waals surface area contributed by atoms with Crippen LogP contribution in [0.15, 0.2) is 30.3 Å². The van der Waals surface area contributed by atoms with Crippen molar-refractivity contribution < 1.29 is 19.3 Å². The Morgan fingerprint density at radius 1 is 1.20 bits per heavy atom. The molecule has 0 amide bonds. The van der Waals surface area contributed by atoms with Gasteiger partial charge in [-0.15, -0.1) is 0 Å². The highest BCUT2D eigenvalue weighted by Crippen LogP contribution is 2.35. The highest BCUT2D eigenvalue weighted by Gasteiger charge is 2.39. The van der Waals surface area contributed by atoms with E-state index in [-0.39, 0.29) is 24.9 Å². The van der Waals surface area contributed by atoms with Gasteiger partial charge in [-0.1, -0.05) is 58.0 Å². The van der Waals surface area contributed by atoms with E-state index in [4.69, 9.17) is 14.2 Å². The summed E-state index contributed by atoms with van der Waals surface area (Å²) in [4.78, 5) is 0. The average molecular weight is 350 g/mol. The van der Waals surface area contributed by atoms with Gasteiger partial charge in [0, 0.05) is 12.8 Å². The monoisotopic (exact) mass is 350 g/mol. The second-order valence-corrected chi connectivity index (χ2v) is 7.84. The molecule has 1 heterocycles. The number of hydrogen-bond acceptors (Lipinski definition) is 4. The number of ether oxygens (including phenoxy) is 3. The van der Waals surface area contributed by atoms with Gasteiger partial charge in [0.2, 0.25) is 0 Å². The predicted molar refractivity (Wildman–Crippen MR) is 98.9 cm³/mol. The van der Waals surface area contributed by atoms with Gasteiger partial charge in [0.25, 0.3) is 0 Å².